The van der Waals surface area contributed by atoms with Crippen molar-refractivity contribution in [3.63, 3.8) is 0 Å². The fourth-order valence-electron chi connectivity index (χ4n) is 2.41. The molecule has 0 N–H and O–H groups in total. The molecule has 0 radical (unpaired) electrons. The number of morpholine rings is 1. The van der Waals surface area contributed by atoms with Crippen molar-refractivity contribution in [3.8, 4) is 0 Å². The lowest BCUT2D eigenvalue weighted by atomic mass is 10.2. The third-order valence-electron chi connectivity index (χ3n) is 3.65. The van der Waals surface area contributed by atoms with Gasteiger partial charge in [0.2, 0.25) is 9.84 Å². The Kier molecular flexibility index (Phi) is 4.13. The van der Waals surface area contributed by atoms with Gasteiger partial charge >= 0.3 is 0 Å². The lowest BCUT2D eigenvalue weighted by Gasteiger charge is -2.28. The van der Waals surface area contributed by atoms with Crippen LogP contribution in [0.1, 0.15) is 0 Å². The number of anilines is 1. The van der Waals surface area contributed by atoms with Gasteiger partial charge in [-0.2, -0.15) is 0 Å². The summed E-state index contributed by atoms with van der Waals surface area (Å²) in [5.74, 6) is -0.457. The molecular weight excluding hydrogens is 305 g/mol. The summed E-state index contributed by atoms with van der Waals surface area (Å²) in [6.07, 6.45) is 0. The molecule has 1 aliphatic rings. The van der Waals surface area contributed by atoms with E-state index in [4.69, 9.17) is 4.74 Å². The molecule has 22 heavy (non-hydrogen) atoms. The maximum Gasteiger partial charge on any atom is 0.206 e. The molecule has 1 heterocycles. The first kappa shape index (κ1) is 15.0. The first-order valence-corrected chi connectivity index (χ1v) is 8.49. The molecule has 2 aromatic rings. The van der Waals surface area contributed by atoms with Crippen molar-refractivity contribution < 1.29 is 17.5 Å². The minimum absolute atomic E-state index is 0.0908. The van der Waals surface area contributed by atoms with Crippen molar-refractivity contribution in [3.05, 3.63) is 54.3 Å². The molecule has 1 saturated heterocycles. The van der Waals surface area contributed by atoms with E-state index in [9.17, 15) is 12.8 Å². The normalized spacial score (nSPS) is 15.8. The van der Waals surface area contributed by atoms with Crippen LogP contribution in [0.2, 0.25) is 0 Å². The molecule has 0 amide bonds. The second-order valence-electron chi connectivity index (χ2n) is 5.05. The zero-order chi connectivity index (χ0) is 15.6. The molecular formula is C16H16FNO3S. The number of hydrogen-bond acceptors (Lipinski definition) is 4. The van der Waals surface area contributed by atoms with Crippen LogP contribution in [0.3, 0.4) is 0 Å². The van der Waals surface area contributed by atoms with Gasteiger partial charge in [0.25, 0.3) is 0 Å². The Hall–Kier alpha value is -1.92. The van der Waals surface area contributed by atoms with Crippen LogP contribution in [-0.4, -0.2) is 34.7 Å². The third-order valence-corrected chi connectivity index (χ3v) is 5.43. The number of halogens is 1. The lowest BCUT2D eigenvalue weighted by molar-refractivity contribution is 0.122. The summed E-state index contributed by atoms with van der Waals surface area (Å²) in [4.78, 5) is 2.45. The highest BCUT2D eigenvalue weighted by atomic mass is 32.2. The largest absolute Gasteiger partial charge is 0.378 e. The monoisotopic (exact) mass is 321 g/mol. The van der Waals surface area contributed by atoms with Gasteiger partial charge in [-0.15, -0.1) is 0 Å². The van der Waals surface area contributed by atoms with Gasteiger partial charge in [0.15, 0.2) is 0 Å². The van der Waals surface area contributed by atoms with E-state index in [2.05, 4.69) is 4.90 Å². The number of sulfone groups is 1. The SMILES string of the molecule is O=S(=O)(c1ccc(F)cc1)c1ccc(N2CCOCC2)cc1. The molecule has 6 heteroatoms. The average molecular weight is 321 g/mol. The minimum atomic E-state index is -3.61. The Morgan fingerprint density at radius 2 is 1.36 bits per heavy atom. The third kappa shape index (κ3) is 2.98. The summed E-state index contributed by atoms with van der Waals surface area (Å²) in [5, 5.41) is 0. The first-order valence-electron chi connectivity index (χ1n) is 7.01. The van der Waals surface area contributed by atoms with Crippen LogP contribution >= 0.6 is 0 Å². The van der Waals surface area contributed by atoms with Gasteiger partial charge in [0.05, 0.1) is 23.0 Å². The number of rotatable bonds is 3. The van der Waals surface area contributed by atoms with E-state index in [-0.39, 0.29) is 9.79 Å². The zero-order valence-electron chi connectivity index (χ0n) is 11.9. The summed E-state index contributed by atoms with van der Waals surface area (Å²) >= 11 is 0. The van der Waals surface area contributed by atoms with E-state index in [0.29, 0.717) is 13.2 Å². The molecule has 0 bridgehead atoms. The van der Waals surface area contributed by atoms with Gasteiger partial charge in [-0.05, 0) is 48.5 Å². The summed E-state index contributed by atoms with van der Waals surface area (Å²) in [7, 11) is -3.61. The van der Waals surface area contributed by atoms with Gasteiger partial charge in [0, 0.05) is 18.8 Å². The first-order chi connectivity index (χ1) is 10.6. The van der Waals surface area contributed by atoms with Crippen molar-refractivity contribution in [1.29, 1.82) is 0 Å². The molecule has 0 spiro atoms. The van der Waals surface area contributed by atoms with Crippen molar-refractivity contribution >= 4 is 15.5 Å². The maximum atomic E-state index is 12.9. The zero-order valence-corrected chi connectivity index (χ0v) is 12.7. The van der Waals surface area contributed by atoms with Crippen LogP contribution in [-0.2, 0) is 14.6 Å². The second kappa shape index (κ2) is 6.06. The molecule has 4 nitrogen and oxygen atoms in total. The van der Waals surface area contributed by atoms with Crippen LogP contribution in [0, 0.1) is 5.82 Å². The van der Waals surface area contributed by atoms with Gasteiger partial charge in [-0.3, -0.25) is 0 Å². The molecule has 0 aromatic heterocycles. The molecule has 116 valence electrons. The number of hydrogen-bond donors (Lipinski definition) is 0. The van der Waals surface area contributed by atoms with Crippen molar-refractivity contribution in [1.82, 2.24) is 0 Å². The quantitative estimate of drug-likeness (QED) is 0.815. The highest BCUT2D eigenvalue weighted by Gasteiger charge is 2.18. The topological polar surface area (TPSA) is 46.6 Å². The van der Waals surface area contributed by atoms with Crippen LogP contribution in [0.4, 0.5) is 10.1 Å². The molecule has 1 aliphatic heterocycles. The summed E-state index contributed by atoms with van der Waals surface area (Å²) in [5.41, 5.74) is 0.973. The van der Waals surface area contributed by atoms with Crippen LogP contribution < -0.4 is 4.90 Å². The predicted molar refractivity (Wildman–Crippen MR) is 81.3 cm³/mol. The molecule has 3 rings (SSSR count). The van der Waals surface area contributed by atoms with Crippen molar-refractivity contribution in [2.75, 3.05) is 31.2 Å². The average Bonchev–Trinajstić information content (AvgIpc) is 2.56. The Labute approximate surface area is 129 Å². The second-order valence-corrected chi connectivity index (χ2v) is 7.00. The van der Waals surface area contributed by atoms with Crippen LogP contribution in [0.5, 0.6) is 0 Å². The van der Waals surface area contributed by atoms with Crippen molar-refractivity contribution in [2.24, 2.45) is 0 Å². The van der Waals surface area contributed by atoms with E-state index >= 15 is 0 Å². The fraction of sp³-hybridized carbons (Fsp3) is 0.250. The lowest BCUT2D eigenvalue weighted by Crippen LogP contribution is -2.36. The standard InChI is InChI=1S/C16H16FNO3S/c17-13-1-5-15(6-2-13)22(19,20)16-7-3-14(4-8-16)18-9-11-21-12-10-18/h1-8H,9-12H2. The van der Waals surface area contributed by atoms with E-state index < -0.39 is 15.7 Å². The molecule has 1 fully saturated rings. The predicted octanol–water partition coefficient (Wildman–Crippen LogP) is 2.50. The number of nitrogens with zero attached hydrogens (tertiary/aromatic N) is 1. The van der Waals surface area contributed by atoms with E-state index in [1.165, 1.54) is 12.1 Å². The Bertz CT molecular complexity index is 736. The van der Waals surface area contributed by atoms with Crippen LogP contribution in [0.15, 0.2) is 58.3 Å². The van der Waals surface area contributed by atoms with Crippen molar-refractivity contribution in [2.45, 2.75) is 9.79 Å². The molecule has 0 saturated carbocycles. The summed E-state index contributed by atoms with van der Waals surface area (Å²) in [6, 6.07) is 11.6. The minimum Gasteiger partial charge on any atom is -0.378 e. The maximum absolute atomic E-state index is 12.9. The highest BCUT2D eigenvalue weighted by molar-refractivity contribution is 7.91. The number of ether oxygens (including phenoxy) is 1. The van der Waals surface area contributed by atoms with E-state index in [1.54, 1.807) is 24.3 Å². The molecule has 2 aromatic carbocycles. The summed E-state index contributed by atoms with van der Waals surface area (Å²) < 4.78 is 43.2. The van der Waals surface area contributed by atoms with E-state index in [1.807, 2.05) is 0 Å². The van der Waals surface area contributed by atoms with E-state index in [0.717, 1.165) is 30.9 Å². The smallest absolute Gasteiger partial charge is 0.206 e. The molecule has 0 aliphatic carbocycles. The molecule has 0 unspecified atom stereocenters. The van der Waals surface area contributed by atoms with Gasteiger partial charge < -0.3 is 9.64 Å². The number of benzene rings is 2. The Morgan fingerprint density at radius 1 is 0.864 bits per heavy atom. The van der Waals surface area contributed by atoms with Gasteiger partial charge in [-0.25, -0.2) is 12.8 Å². The van der Waals surface area contributed by atoms with Crippen LogP contribution in [0.25, 0.3) is 0 Å². The summed E-state index contributed by atoms with van der Waals surface area (Å²) in [6.45, 7) is 2.94. The van der Waals surface area contributed by atoms with Gasteiger partial charge in [0.1, 0.15) is 5.82 Å². The fourth-order valence-corrected chi connectivity index (χ4v) is 3.67. The molecule has 0 atom stereocenters. The highest BCUT2D eigenvalue weighted by Crippen LogP contribution is 2.24. The Balaban J connectivity index is 1.86. The Morgan fingerprint density at radius 3 is 1.91 bits per heavy atom. The van der Waals surface area contributed by atoms with Gasteiger partial charge in [-0.1, -0.05) is 0 Å².